The first-order chi connectivity index (χ1) is 15.9. The van der Waals surface area contributed by atoms with Crippen LogP contribution >= 0.6 is 0 Å². The zero-order valence-corrected chi connectivity index (χ0v) is 19.6. The Kier molecular flexibility index (Phi) is 5.65. The van der Waals surface area contributed by atoms with Gasteiger partial charge in [0, 0.05) is 59.7 Å². The Bertz CT molecular complexity index is 1560. The van der Waals surface area contributed by atoms with Crippen LogP contribution in [0.4, 0.5) is 0 Å². The van der Waals surface area contributed by atoms with E-state index in [1.807, 2.05) is 0 Å². The van der Waals surface area contributed by atoms with Gasteiger partial charge in [-0.05, 0) is 12.1 Å². The molecule has 0 aliphatic carbocycles. The Morgan fingerprint density at radius 2 is 1.65 bits per heavy atom. The topological polar surface area (TPSA) is 163 Å². The van der Waals surface area contributed by atoms with Crippen molar-refractivity contribution in [3.63, 3.8) is 0 Å². The van der Waals surface area contributed by atoms with Crippen molar-refractivity contribution in [3.05, 3.63) is 56.6 Å². The summed E-state index contributed by atoms with van der Waals surface area (Å²) in [5.41, 5.74) is 4.58. The van der Waals surface area contributed by atoms with Gasteiger partial charge in [0.2, 0.25) is 10.0 Å². The lowest BCUT2D eigenvalue weighted by molar-refractivity contribution is 0.0697. The number of sulfonamides is 1. The van der Waals surface area contributed by atoms with E-state index in [9.17, 15) is 27.6 Å². The maximum absolute atomic E-state index is 13.0. The molecule has 1 saturated heterocycles. The molecule has 0 saturated carbocycles. The monoisotopic (exact) mass is 489 g/mol. The minimum atomic E-state index is -3.88. The van der Waals surface area contributed by atoms with Crippen molar-refractivity contribution < 1.29 is 18.0 Å². The lowest BCUT2D eigenvalue weighted by atomic mass is 10.2. The van der Waals surface area contributed by atoms with E-state index in [-0.39, 0.29) is 53.4 Å². The van der Waals surface area contributed by atoms with E-state index in [1.54, 1.807) is 0 Å². The summed E-state index contributed by atoms with van der Waals surface area (Å²) in [5, 5.41) is 0.131. The van der Waals surface area contributed by atoms with E-state index in [0.717, 1.165) is 4.57 Å². The number of piperazine rings is 1. The number of nitrogens with two attached hydrogens (primary N) is 1. The second-order valence-corrected chi connectivity index (χ2v) is 9.97. The van der Waals surface area contributed by atoms with E-state index in [4.69, 9.17) is 5.73 Å². The molecule has 2 N–H and O–H groups in total. The van der Waals surface area contributed by atoms with Crippen molar-refractivity contribution in [1.82, 2.24) is 27.9 Å². The quantitative estimate of drug-likeness (QED) is 0.453. The summed E-state index contributed by atoms with van der Waals surface area (Å²) < 4.78 is 30.7. The zero-order chi connectivity index (χ0) is 24.9. The van der Waals surface area contributed by atoms with Gasteiger partial charge in [0.25, 0.3) is 17.4 Å². The predicted molar refractivity (Wildman–Crippen MR) is 121 cm³/mol. The first-order valence-electron chi connectivity index (χ1n) is 10.2. The molecule has 3 aromatic rings. The van der Waals surface area contributed by atoms with Crippen LogP contribution in [0, 0.1) is 0 Å². The van der Waals surface area contributed by atoms with Gasteiger partial charge >= 0.3 is 5.69 Å². The van der Waals surface area contributed by atoms with Gasteiger partial charge in [0.15, 0.2) is 0 Å². The van der Waals surface area contributed by atoms with Crippen LogP contribution in [0.5, 0.6) is 0 Å². The first kappa shape index (κ1) is 23.4. The van der Waals surface area contributed by atoms with Crippen LogP contribution in [-0.2, 0) is 31.2 Å². The summed E-state index contributed by atoms with van der Waals surface area (Å²) in [4.78, 5) is 54.6. The highest BCUT2D eigenvalue weighted by atomic mass is 32.2. The summed E-state index contributed by atoms with van der Waals surface area (Å²) in [6, 6.07) is 2.62. The number of nitrogens with zero attached hydrogens (tertiary/aromatic N) is 6. The summed E-state index contributed by atoms with van der Waals surface area (Å²) in [6.45, 7) is 0.339. The summed E-state index contributed by atoms with van der Waals surface area (Å²) in [5.74, 6) is -1.14. The summed E-state index contributed by atoms with van der Waals surface area (Å²) in [6.07, 6.45) is 2.61. The fourth-order valence-electron chi connectivity index (χ4n) is 3.97. The van der Waals surface area contributed by atoms with Crippen molar-refractivity contribution >= 4 is 32.9 Å². The molecule has 34 heavy (non-hydrogen) atoms. The molecule has 1 aliphatic heterocycles. The third-order valence-electron chi connectivity index (χ3n) is 5.94. The maximum atomic E-state index is 13.0. The van der Waals surface area contributed by atoms with E-state index in [0.29, 0.717) is 0 Å². The van der Waals surface area contributed by atoms with Gasteiger partial charge in [0.1, 0.15) is 16.2 Å². The molecule has 1 aliphatic rings. The smallest absolute Gasteiger partial charge is 0.332 e. The molecular weight excluding hydrogens is 466 g/mol. The zero-order valence-electron chi connectivity index (χ0n) is 18.8. The van der Waals surface area contributed by atoms with Gasteiger partial charge in [-0.3, -0.25) is 23.5 Å². The van der Waals surface area contributed by atoms with E-state index >= 15 is 0 Å². The number of fused-ring (bicyclic) bond motifs is 1. The Labute approximate surface area is 193 Å². The van der Waals surface area contributed by atoms with Gasteiger partial charge in [-0.25, -0.2) is 18.2 Å². The minimum absolute atomic E-state index is 0.0478. The van der Waals surface area contributed by atoms with Crippen molar-refractivity contribution in [2.24, 2.45) is 26.9 Å². The fraction of sp³-hybridized carbons (Fsp3) is 0.350. The number of carbonyl (C=O) groups excluding carboxylic acids is 2. The molecular formula is C20H23N7O6S. The SMILES string of the molecule is Cn1cc(S(=O)(=O)N2CCN(C(=O)c3cnc4c(c3)c(=O)n(C)c(=O)n4C)CC2)cc1C(N)=O. The Morgan fingerprint density at radius 3 is 2.24 bits per heavy atom. The largest absolute Gasteiger partial charge is 0.364 e. The van der Waals surface area contributed by atoms with Crippen LogP contribution in [0.3, 0.4) is 0 Å². The van der Waals surface area contributed by atoms with E-state index in [2.05, 4.69) is 4.98 Å². The molecule has 14 heteroatoms. The third kappa shape index (κ3) is 3.70. The molecule has 0 bridgehead atoms. The number of primary amides is 1. The van der Waals surface area contributed by atoms with Gasteiger partial charge in [-0.1, -0.05) is 0 Å². The number of hydrogen-bond acceptors (Lipinski definition) is 7. The lowest BCUT2D eigenvalue weighted by Gasteiger charge is -2.33. The van der Waals surface area contributed by atoms with Crippen LogP contribution in [0.25, 0.3) is 11.0 Å². The Balaban J connectivity index is 1.54. The number of rotatable bonds is 4. The molecule has 3 aromatic heterocycles. The number of amides is 2. The van der Waals surface area contributed by atoms with E-state index in [1.165, 1.54) is 64.0 Å². The highest BCUT2D eigenvalue weighted by molar-refractivity contribution is 7.89. The van der Waals surface area contributed by atoms with Crippen LogP contribution in [0.2, 0.25) is 0 Å². The molecule has 0 atom stereocenters. The highest BCUT2D eigenvalue weighted by Crippen LogP contribution is 2.21. The van der Waals surface area contributed by atoms with Crippen LogP contribution in [0.15, 0.2) is 39.0 Å². The van der Waals surface area contributed by atoms with Gasteiger partial charge in [-0.2, -0.15) is 4.31 Å². The lowest BCUT2D eigenvalue weighted by Crippen LogP contribution is -2.50. The summed E-state index contributed by atoms with van der Waals surface area (Å²) >= 11 is 0. The third-order valence-corrected chi connectivity index (χ3v) is 7.80. The minimum Gasteiger partial charge on any atom is -0.364 e. The average Bonchev–Trinajstić information content (AvgIpc) is 3.23. The van der Waals surface area contributed by atoms with Gasteiger partial charge in [0.05, 0.1) is 10.9 Å². The van der Waals surface area contributed by atoms with Crippen LogP contribution < -0.4 is 17.0 Å². The normalized spacial score (nSPS) is 15.1. The molecule has 0 unspecified atom stereocenters. The molecule has 0 radical (unpaired) electrons. The summed E-state index contributed by atoms with van der Waals surface area (Å²) in [7, 11) is 0.473. The molecule has 4 heterocycles. The number of carbonyl (C=O) groups is 2. The van der Waals surface area contributed by atoms with Crippen LogP contribution in [0.1, 0.15) is 20.8 Å². The molecule has 1 fully saturated rings. The molecule has 4 rings (SSSR count). The van der Waals surface area contributed by atoms with Crippen molar-refractivity contribution in [2.75, 3.05) is 26.2 Å². The number of hydrogen-bond donors (Lipinski definition) is 1. The van der Waals surface area contributed by atoms with Gasteiger partial charge in [-0.15, -0.1) is 0 Å². The second kappa shape index (κ2) is 8.22. The Morgan fingerprint density at radius 1 is 1.00 bits per heavy atom. The Hall–Kier alpha value is -3.78. The van der Waals surface area contributed by atoms with Crippen molar-refractivity contribution in [1.29, 1.82) is 0 Å². The first-order valence-corrected chi connectivity index (χ1v) is 11.7. The molecule has 13 nitrogen and oxygen atoms in total. The molecule has 0 aromatic carbocycles. The number of aryl methyl sites for hydroxylation is 2. The molecule has 2 amide bonds. The number of aromatic nitrogens is 4. The predicted octanol–water partition coefficient (Wildman–Crippen LogP) is -1.78. The van der Waals surface area contributed by atoms with E-state index < -0.39 is 33.1 Å². The second-order valence-electron chi connectivity index (χ2n) is 8.03. The molecule has 0 spiro atoms. The maximum Gasteiger partial charge on any atom is 0.332 e. The van der Waals surface area contributed by atoms with Crippen molar-refractivity contribution in [2.45, 2.75) is 4.90 Å². The van der Waals surface area contributed by atoms with Crippen LogP contribution in [-0.4, -0.2) is 74.3 Å². The van der Waals surface area contributed by atoms with Gasteiger partial charge < -0.3 is 15.2 Å². The standard InChI is InChI=1S/C20H23N7O6S/c1-23-11-13(9-15(23)16(21)28)34(32,33)27-6-4-26(5-7-27)18(29)12-8-14-17(22-10-12)24(2)20(31)25(3)19(14)30/h8-11H,4-7H2,1-3H3,(H2,21,28). The van der Waals surface area contributed by atoms with Crippen molar-refractivity contribution in [3.8, 4) is 0 Å². The fourth-order valence-corrected chi connectivity index (χ4v) is 5.46. The average molecular weight is 490 g/mol. The highest BCUT2D eigenvalue weighted by Gasteiger charge is 2.32. The molecule has 180 valence electrons. The number of pyridine rings is 1.